The van der Waals surface area contributed by atoms with Gasteiger partial charge < -0.3 is 20.4 Å². The van der Waals surface area contributed by atoms with E-state index in [1.807, 2.05) is 36.2 Å². The van der Waals surface area contributed by atoms with Crippen molar-refractivity contribution in [3.63, 3.8) is 0 Å². The monoisotopic (exact) mass is 338 g/mol. The van der Waals surface area contributed by atoms with Gasteiger partial charge in [0.25, 0.3) is 0 Å². The highest BCUT2D eigenvalue weighted by Crippen LogP contribution is 2.18. The normalized spacial score (nSPS) is 14.9. The van der Waals surface area contributed by atoms with Crippen LogP contribution in [0.25, 0.3) is 0 Å². The molecule has 1 aromatic heterocycles. The summed E-state index contributed by atoms with van der Waals surface area (Å²) >= 11 is 1.60. The number of hydrogen-bond acceptors (Lipinski definition) is 5. The molecular weight excluding hydrogens is 312 g/mol. The SMILES string of the molecule is CCNC(=NCc1csc(N(C)C)n1)NCC(=O)N1CCCC1. The zero-order valence-corrected chi connectivity index (χ0v) is 14.9. The van der Waals surface area contributed by atoms with E-state index in [-0.39, 0.29) is 12.5 Å². The molecule has 2 rings (SSSR count). The smallest absolute Gasteiger partial charge is 0.241 e. The molecule has 1 aliphatic rings. The fourth-order valence-corrected chi connectivity index (χ4v) is 3.06. The van der Waals surface area contributed by atoms with Gasteiger partial charge in [-0.1, -0.05) is 0 Å². The van der Waals surface area contributed by atoms with Crippen LogP contribution >= 0.6 is 11.3 Å². The van der Waals surface area contributed by atoms with Gasteiger partial charge in [-0.25, -0.2) is 9.98 Å². The molecule has 0 atom stereocenters. The van der Waals surface area contributed by atoms with Crippen LogP contribution in [-0.4, -0.2) is 62.0 Å². The Hall–Kier alpha value is -1.83. The molecule has 2 heterocycles. The number of nitrogens with zero attached hydrogens (tertiary/aromatic N) is 4. The zero-order chi connectivity index (χ0) is 16.7. The molecule has 1 fully saturated rings. The largest absolute Gasteiger partial charge is 0.357 e. The minimum absolute atomic E-state index is 0.136. The maximum absolute atomic E-state index is 12.1. The first-order chi connectivity index (χ1) is 11.1. The number of amides is 1. The predicted molar refractivity (Wildman–Crippen MR) is 95.1 cm³/mol. The van der Waals surface area contributed by atoms with E-state index >= 15 is 0 Å². The van der Waals surface area contributed by atoms with E-state index in [1.54, 1.807) is 11.3 Å². The fourth-order valence-electron chi connectivity index (χ4n) is 2.31. The predicted octanol–water partition coefficient (Wildman–Crippen LogP) is 0.887. The van der Waals surface area contributed by atoms with Crippen LogP contribution in [0.3, 0.4) is 0 Å². The second-order valence-electron chi connectivity index (χ2n) is 5.65. The highest BCUT2D eigenvalue weighted by atomic mass is 32.1. The summed E-state index contributed by atoms with van der Waals surface area (Å²) in [5, 5.41) is 9.25. The van der Waals surface area contributed by atoms with Crippen molar-refractivity contribution in [1.82, 2.24) is 20.5 Å². The third-order valence-corrected chi connectivity index (χ3v) is 4.59. The molecule has 23 heavy (non-hydrogen) atoms. The summed E-state index contributed by atoms with van der Waals surface area (Å²) in [5.41, 5.74) is 0.932. The highest BCUT2D eigenvalue weighted by molar-refractivity contribution is 7.13. The first-order valence-corrected chi connectivity index (χ1v) is 8.89. The molecule has 2 N–H and O–H groups in total. The van der Waals surface area contributed by atoms with Gasteiger partial charge in [0.1, 0.15) is 0 Å². The Morgan fingerprint density at radius 3 is 2.74 bits per heavy atom. The number of guanidine groups is 1. The van der Waals surface area contributed by atoms with E-state index in [0.717, 1.165) is 43.3 Å². The minimum atomic E-state index is 0.136. The number of rotatable bonds is 6. The van der Waals surface area contributed by atoms with Crippen molar-refractivity contribution in [2.24, 2.45) is 4.99 Å². The molecule has 0 bridgehead atoms. The van der Waals surface area contributed by atoms with Crippen molar-refractivity contribution in [3.8, 4) is 0 Å². The Bertz CT molecular complexity index is 536. The Morgan fingerprint density at radius 1 is 1.39 bits per heavy atom. The Labute approximate surface area is 141 Å². The number of carbonyl (C=O) groups excluding carboxylic acids is 1. The first kappa shape index (κ1) is 17.5. The van der Waals surface area contributed by atoms with Gasteiger partial charge in [-0.2, -0.15) is 0 Å². The standard InChI is InChI=1S/C15H26N6OS/c1-4-16-14(18-10-13(22)21-7-5-6-8-21)17-9-12-11-23-15(19-12)20(2)3/h11H,4-10H2,1-3H3,(H2,16,17,18). The van der Waals surface area contributed by atoms with E-state index in [2.05, 4.69) is 20.6 Å². The van der Waals surface area contributed by atoms with Crippen molar-refractivity contribution in [2.45, 2.75) is 26.3 Å². The van der Waals surface area contributed by atoms with E-state index in [0.29, 0.717) is 12.5 Å². The van der Waals surface area contributed by atoms with Gasteiger partial charge in [0.2, 0.25) is 5.91 Å². The van der Waals surface area contributed by atoms with Crippen molar-refractivity contribution >= 4 is 28.3 Å². The summed E-state index contributed by atoms with van der Waals surface area (Å²) in [5.74, 6) is 0.788. The summed E-state index contributed by atoms with van der Waals surface area (Å²) in [6, 6.07) is 0. The van der Waals surface area contributed by atoms with Crippen LogP contribution in [0.2, 0.25) is 0 Å². The summed E-state index contributed by atoms with van der Waals surface area (Å²) in [6.45, 7) is 5.29. The molecule has 8 heteroatoms. The molecule has 0 saturated carbocycles. The average molecular weight is 338 g/mol. The van der Waals surface area contributed by atoms with Crippen molar-refractivity contribution in [1.29, 1.82) is 0 Å². The fraction of sp³-hybridized carbons (Fsp3) is 0.667. The lowest BCUT2D eigenvalue weighted by molar-refractivity contribution is -0.128. The maximum atomic E-state index is 12.1. The quantitative estimate of drug-likeness (QED) is 0.595. The summed E-state index contributed by atoms with van der Waals surface area (Å²) in [4.78, 5) is 25.0. The van der Waals surface area contributed by atoms with Gasteiger partial charge >= 0.3 is 0 Å². The highest BCUT2D eigenvalue weighted by Gasteiger charge is 2.17. The van der Waals surface area contributed by atoms with E-state index in [9.17, 15) is 4.79 Å². The molecule has 0 aromatic carbocycles. The van der Waals surface area contributed by atoms with Gasteiger partial charge in [0.15, 0.2) is 11.1 Å². The first-order valence-electron chi connectivity index (χ1n) is 8.02. The second kappa shape index (κ2) is 8.71. The van der Waals surface area contributed by atoms with Crippen molar-refractivity contribution in [2.75, 3.05) is 45.2 Å². The molecule has 1 aliphatic heterocycles. The third kappa shape index (κ3) is 5.38. The van der Waals surface area contributed by atoms with Gasteiger partial charge in [-0.15, -0.1) is 11.3 Å². The van der Waals surface area contributed by atoms with E-state index in [4.69, 9.17) is 0 Å². The molecule has 1 aromatic rings. The molecule has 0 radical (unpaired) electrons. The molecule has 128 valence electrons. The number of hydrogen-bond donors (Lipinski definition) is 2. The lowest BCUT2D eigenvalue weighted by Gasteiger charge is -2.17. The summed E-state index contributed by atoms with van der Waals surface area (Å²) in [6.07, 6.45) is 2.22. The molecule has 1 amide bonds. The lowest BCUT2D eigenvalue weighted by atomic mass is 10.4. The number of aliphatic imine (C=N–C) groups is 1. The molecule has 1 saturated heterocycles. The van der Waals surface area contributed by atoms with E-state index in [1.165, 1.54) is 0 Å². The van der Waals surface area contributed by atoms with Crippen LogP contribution in [0.5, 0.6) is 0 Å². The Balaban J connectivity index is 1.87. The minimum Gasteiger partial charge on any atom is -0.357 e. The third-order valence-electron chi connectivity index (χ3n) is 3.53. The second-order valence-corrected chi connectivity index (χ2v) is 6.49. The number of carbonyl (C=O) groups is 1. The van der Waals surface area contributed by atoms with Gasteiger partial charge in [-0.05, 0) is 19.8 Å². The number of aromatic nitrogens is 1. The number of thiazole rings is 1. The topological polar surface area (TPSA) is 72.9 Å². The van der Waals surface area contributed by atoms with Crippen LogP contribution in [0, 0.1) is 0 Å². The van der Waals surface area contributed by atoms with Crippen molar-refractivity contribution < 1.29 is 4.79 Å². The maximum Gasteiger partial charge on any atom is 0.241 e. The van der Waals surface area contributed by atoms with E-state index < -0.39 is 0 Å². The van der Waals surface area contributed by atoms with Gasteiger partial charge in [0, 0.05) is 39.1 Å². The van der Waals surface area contributed by atoms with Gasteiger partial charge in [0.05, 0.1) is 18.8 Å². The Morgan fingerprint density at radius 2 is 2.13 bits per heavy atom. The molecule has 0 unspecified atom stereocenters. The lowest BCUT2D eigenvalue weighted by Crippen LogP contribution is -2.44. The van der Waals surface area contributed by atoms with Crippen LogP contribution in [0.1, 0.15) is 25.5 Å². The Kier molecular flexibility index (Phi) is 6.64. The zero-order valence-electron chi connectivity index (χ0n) is 14.1. The van der Waals surface area contributed by atoms with Crippen molar-refractivity contribution in [3.05, 3.63) is 11.1 Å². The molecule has 0 aliphatic carbocycles. The van der Waals surface area contributed by atoms with Gasteiger partial charge in [-0.3, -0.25) is 4.79 Å². The number of nitrogens with one attached hydrogen (secondary N) is 2. The summed E-state index contributed by atoms with van der Waals surface area (Å²) in [7, 11) is 3.95. The van der Waals surface area contributed by atoms with Crippen LogP contribution in [-0.2, 0) is 11.3 Å². The summed E-state index contributed by atoms with van der Waals surface area (Å²) < 4.78 is 0. The molecule has 7 nitrogen and oxygen atoms in total. The van der Waals surface area contributed by atoms with Crippen LogP contribution in [0.15, 0.2) is 10.4 Å². The van der Waals surface area contributed by atoms with Crippen LogP contribution < -0.4 is 15.5 Å². The molecule has 0 spiro atoms. The number of likely N-dealkylation sites (tertiary alicyclic amines) is 1. The van der Waals surface area contributed by atoms with Crippen LogP contribution in [0.4, 0.5) is 5.13 Å². The molecular formula is C15H26N6OS. The number of anilines is 1. The average Bonchev–Trinajstić information content (AvgIpc) is 3.20.